The van der Waals surface area contributed by atoms with E-state index in [0.29, 0.717) is 18.0 Å². The maximum Gasteiger partial charge on any atom is 0.230 e. The highest BCUT2D eigenvalue weighted by Crippen LogP contribution is 2.22. The molecule has 1 amide bonds. The highest BCUT2D eigenvalue weighted by molar-refractivity contribution is 6.31. The first-order chi connectivity index (χ1) is 9.56. The van der Waals surface area contributed by atoms with E-state index in [-0.39, 0.29) is 22.9 Å². The molecule has 21 heavy (non-hydrogen) atoms. The van der Waals surface area contributed by atoms with E-state index in [2.05, 4.69) is 5.32 Å². The third kappa shape index (κ3) is 5.14. The number of aryl methyl sites for hydroxylation is 2. The number of nitrogens with one attached hydrogen (secondary N) is 1. The van der Waals surface area contributed by atoms with Crippen LogP contribution >= 0.6 is 11.6 Å². The lowest BCUT2D eigenvalue weighted by Gasteiger charge is -2.08. The minimum atomic E-state index is -0.0107. The lowest BCUT2D eigenvalue weighted by molar-refractivity contribution is -0.695. The highest BCUT2D eigenvalue weighted by atomic mass is 79.9. The Morgan fingerprint density at radius 3 is 2.52 bits per heavy atom. The summed E-state index contributed by atoms with van der Waals surface area (Å²) in [4.78, 5) is 11.9. The van der Waals surface area contributed by atoms with Crippen molar-refractivity contribution in [1.29, 1.82) is 0 Å². The van der Waals surface area contributed by atoms with Crippen LogP contribution in [0.5, 0.6) is 0 Å². The fourth-order valence-electron chi connectivity index (χ4n) is 1.87. The van der Waals surface area contributed by atoms with E-state index in [9.17, 15) is 4.79 Å². The molecule has 5 heteroatoms. The topological polar surface area (TPSA) is 33.0 Å². The average molecular weight is 370 g/mol. The maximum atomic E-state index is 11.9. The van der Waals surface area contributed by atoms with Gasteiger partial charge >= 0.3 is 0 Å². The van der Waals surface area contributed by atoms with Crippen LogP contribution in [0.3, 0.4) is 0 Å². The number of halogens is 2. The summed E-state index contributed by atoms with van der Waals surface area (Å²) in [6.45, 7) is 4.59. The Morgan fingerprint density at radius 1 is 1.19 bits per heavy atom. The van der Waals surface area contributed by atoms with Crippen LogP contribution in [0.1, 0.15) is 17.5 Å². The molecule has 0 aliphatic carbocycles. The molecule has 0 radical (unpaired) electrons. The molecule has 1 N–H and O–H groups in total. The highest BCUT2D eigenvalue weighted by Gasteiger charge is 2.09. The Labute approximate surface area is 140 Å². The van der Waals surface area contributed by atoms with E-state index in [1.165, 1.54) is 5.56 Å². The predicted octanol–water partition coefficient (Wildman–Crippen LogP) is 0.277. The molecule has 0 aliphatic rings. The van der Waals surface area contributed by atoms with Crippen LogP contribution in [-0.2, 0) is 11.3 Å². The Kier molecular flexibility index (Phi) is 6.85. The third-order valence-corrected chi connectivity index (χ3v) is 3.61. The SMILES string of the molecule is Cc1cc[n+](CCC(=O)Nc2cccc(Cl)c2C)cc1.[Br-]. The maximum absolute atomic E-state index is 11.9. The van der Waals surface area contributed by atoms with E-state index in [4.69, 9.17) is 11.6 Å². The molecule has 0 aliphatic heterocycles. The molecule has 0 spiro atoms. The number of aromatic nitrogens is 1. The van der Waals surface area contributed by atoms with E-state index in [1.807, 2.05) is 61.1 Å². The van der Waals surface area contributed by atoms with Gasteiger partial charge in [-0.3, -0.25) is 4.79 Å². The van der Waals surface area contributed by atoms with E-state index in [0.717, 1.165) is 11.3 Å². The normalized spacial score (nSPS) is 9.86. The number of hydrogen-bond donors (Lipinski definition) is 1. The molecule has 1 heterocycles. The number of anilines is 1. The Balaban J connectivity index is 0.00000220. The summed E-state index contributed by atoms with van der Waals surface area (Å²) < 4.78 is 2.00. The minimum Gasteiger partial charge on any atom is -1.00 e. The molecule has 1 aromatic carbocycles. The van der Waals surface area contributed by atoms with Gasteiger partial charge in [-0.05, 0) is 37.1 Å². The zero-order chi connectivity index (χ0) is 14.5. The molecule has 0 unspecified atom stereocenters. The molecule has 2 aromatic rings. The Morgan fingerprint density at radius 2 is 1.86 bits per heavy atom. The molecule has 0 saturated carbocycles. The van der Waals surface area contributed by atoms with Crippen molar-refractivity contribution in [2.45, 2.75) is 26.8 Å². The monoisotopic (exact) mass is 368 g/mol. The van der Waals surface area contributed by atoms with Crippen molar-refractivity contribution >= 4 is 23.2 Å². The zero-order valence-electron chi connectivity index (χ0n) is 12.1. The molecule has 0 atom stereocenters. The summed E-state index contributed by atoms with van der Waals surface area (Å²) in [7, 11) is 0. The molecule has 112 valence electrons. The van der Waals surface area contributed by atoms with Crippen LogP contribution in [0.2, 0.25) is 5.02 Å². The minimum absolute atomic E-state index is 0. The predicted molar refractivity (Wildman–Crippen MR) is 80.8 cm³/mol. The average Bonchev–Trinajstić information content (AvgIpc) is 2.43. The van der Waals surface area contributed by atoms with Crippen molar-refractivity contribution in [1.82, 2.24) is 0 Å². The van der Waals surface area contributed by atoms with Crippen LogP contribution in [0.4, 0.5) is 5.69 Å². The number of pyridine rings is 1. The molecule has 3 nitrogen and oxygen atoms in total. The van der Waals surface area contributed by atoms with Gasteiger partial charge in [-0.2, -0.15) is 0 Å². The molecular weight excluding hydrogens is 352 g/mol. The largest absolute Gasteiger partial charge is 1.00 e. The molecule has 0 fully saturated rings. The van der Waals surface area contributed by atoms with Gasteiger partial charge in [0.2, 0.25) is 5.91 Å². The van der Waals surface area contributed by atoms with Crippen LogP contribution in [0.25, 0.3) is 0 Å². The van der Waals surface area contributed by atoms with Gasteiger partial charge in [-0.25, -0.2) is 4.57 Å². The molecule has 2 rings (SSSR count). The number of carbonyl (C=O) groups is 1. The third-order valence-electron chi connectivity index (χ3n) is 3.20. The summed E-state index contributed by atoms with van der Waals surface area (Å²) in [5, 5.41) is 3.56. The van der Waals surface area contributed by atoms with Gasteiger partial charge in [0.25, 0.3) is 0 Å². The number of nitrogens with zero attached hydrogens (tertiary/aromatic N) is 1. The van der Waals surface area contributed by atoms with Gasteiger partial charge in [0.1, 0.15) is 0 Å². The number of carbonyl (C=O) groups excluding carboxylic acids is 1. The quantitative estimate of drug-likeness (QED) is 0.772. The number of benzene rings is 1. The van der Waals surface area contributed by atoms with Crippen LogP contribution in [-0.4, -0.2) is 5.91 Å². The van der Waals surface area contributed by atoms with Crippen LogP contribution in [0.15, 0.2) is 42.7 Å². The van der Waals surface area contributed by atoms with Crippen molar-refractivity contribution < 1.29 is 26.3 Å². The lowest BCUT2D eigenvalue weighted by atomic mass is 10.2. The summed E-state index contributed by atoms with van der Waals surface area (Å²) in [5.41, 5.74) is 2.88. The van der Waals surface area contributed by atoms with E-state index in [1.54, 1.807) is 0 Å². The van der Waals surface area contributed by atoms with Crippen LogP contribution in [0, 0.1) is 13.8 Å². The second-order valence-electron chi connectivity index (χ2n) is 4.82. The fourth-order valence-corrected chi connectivity index (χ4v) is 2.04. The Hall–Kier alpha value is -1.39. The lowest BCUT2D eigenvalue weighted by Crippen LogP contribution is -3.00. The zero-order valence-corrected chi connectivity index (χ0v) is 14.4. The molecule has 0 bridgehead atoms. The van der Waals surface area contributed by atoms with Gasteiger partial charge in [-0.1, -0.05) is 17.7 Å². The van der Waals surface area contributed by atoms with Crippen molar-refractivity contribution in [2.24, 2.45) is 0 Å². The van der Waals surface area contributed by atoms with E-state index < -0.39 is 0 Å². The number of hydrogen-bond acceptors (Lipinski definition) is 1. The molecule has 1 aromatic heterocycles. The Bertz CT molecular complexity index is 614. The number of rotatable bonds is 4. The van der Waals surface area contributed by atoms with Gasteiger partial charge in [0.05, 0.1) is 6.42 Å². The first kappa shape index (κ1) is 17.7. The van der Waals surface area contributed by atoms with Gasteiger partial charge in [-0.15, -0.1) is 0 Å². The van der Waals surface area contributed by atoms with Crippen molar-refractivity contribution in [3.05, 3.63) is 58.9 Å². The fraction of sp³-hybridized carbons (Fsp3) is 0.250. The number of amides is 1. The summed E-state index contributed by atoms with van der Waals surface area (Å²) in [6.07, 6.45) is 4.39. The first-order valence-corrected chi connectivity index (χ1v) is 6.95. The van der Waals surface area contributed by atoms with Crippen molar-refractivity contribution in [3.8, 4) is 0 Å². The second-order valence-corrected chi connectivity index (χ2v) is 5.23. The smallest absolute Gasteiger partial charge is 0.230 e. The second kappa shape index (κ2) is 8.15. The summed E-state index contributed by atoms with van der Waals surface area (Å²) in [6, 6.07) is 9.56. The first-order valence-electron chi connectivity index (χ1n) is 6.57. The van der Waals surface area contributed by atoms with Crippen molar-refractivity contribution in [2.75, 3.05) is 5.32 Å². The summed E-state index contributed by atoms with van der Waals surface area (Å²) in [5.74, 6) is -0.0107. The molecule has 0 saturated heterocycles. The van der Waals surface area contributed by atoms with Gasteiger partial charge in [0.15, 0.2) is 18.9 Å². The van der Waals surface area contributed by atoms with E-state index >= 15 is 0 Å². The summed E-state index contributed by atoms with van der Waals surface area (Å²) >= 11 is 6.03. The molecular formula is C16H18BrClN2O. The standard InChI is InChI=1S/C16H17ClN2O.BrH/c1-12-6-9-19(10-7-12)11-8-16(20)18-15-5-3-4-14(17)13(15)2;/h3-7,9-10H,8,11H2,1-2H3;1H. The van der Waals surface area contributed by atoms with Gasteiger partial charge < -0.3 is 22.3 Å². The van der Waals surface area contributed by atoms with Crippen molar-refractivity contribution in [3.63, 3.8) is 0 Å². The van der Waals surface area contributed by atoms with Gasteiger partial charge in [0, 0.05) is 22.8 Å². The van der Waals surface area contributed by atoms with Crippen LogP contribution < -0.4 is 26.9 Å².